The molecule has 0 aliphatic heterocycles. The Morgan fingerprint density at radius 1 is 0.362 bits per heavy atom. The maximum absolute atomic E-state index is 12.9. The van der Waals surface area contributed by atoms with Crippen molar-refractivity contribution in [2.75, 3.05) is 47.5 Å². The van der Waals surface area contributed by atoms with Crippen LogP contribution in [0.15, 0.2) is 12.2 Å². The van der Waals surface area contributed by atoms with Crippen molar-refractivity contribution in [2.24, 2.45) is 0 Å². The Labute approximate surface area is 497 Å². The van der Waals surface area contributed by atoms with Crippen molar-refractivity contribution in [1.29, 1.82) is 0 Å². The molecule has 0 aromatic heterocycles. The molecule has 0 heterocycles. The topological polar surface area (TPSA) is 111 Å². The van der Waals surface area contributed by atoms with Gasteiger partial charge in [-0.05, 0) is 38.5 Å². The number of unbranched alkanes of at least 4 members (excludes halogenated alkanes) is 50. The van der Waals surface area contributed by atoms with E-state index < -0.39 is 24.3 Å². The molecular weight excluding hydrogens is 995 g/mol. The Morgan fingerprint density at radius 2 is 0.637 bits per heavy atom. The second kappa shape index (κ2) is 63.1. The van der Waals surface area contributed by atoms with E-state index in [9.17, 15) is 19.5 Å². The summed E-state index contributed by atoms with van der Waals surface area (Å²) >= 11 is 0. The lowest BCUT2D eigenvalue weighted by Gasteiger charge is -2.26. The number of hydrogen-bond donors (Lipinski definition) is 0. The molecule has 2 atom stereocenters. The first-order valence-electron chi connectivity index (χ1n) is 35.3. The van der Waals surface area contributed by atoms with Gasteiger partial charge in [0.15, 0.2) is 12.4 Å². The van der Waals surface area contributed by atoms with E-state index in [2.05, 4.69) is 26.0 Å². The van der Waals surface area contributed by atoms with E-state index in [1.807, 2.05) is 21.1 Å². The van der Waals surface area contributed by atoms with E-state index in [0.29, 0.717) is 23.9 Å². The molecule has 0 spiro atoms. The van der Waals surface area contributed by atoms with Crippen molar-refractivity contribution in [3.63, 3.8) is 0 Å². The first-order valence-corrected chi connectivity index (χ1v) is 35.3. The first kappa shape index (κ1) is 78.0. The Bertz CT molecular complexity index is 1320. The van der Waals surface area contributed by atoms with Crippen molar-refractivity contribution >= 4 is 17.9 Å². The lowest BCUT2D eigenvalue weighted by molar-refractivity contribution is -0.870. The fraction of sp³-hybridized carbons (Fsp3) is 0.930. The molecule has 0 bridgehead atoms. The number of carboxylic acids is 1. The zero-order valence-corrected chi connectivity index (χ0v) is 54.2. The highest BCUT2D eigenvalue weighted by atomic mass is 16.7. The fourth-order valence-electron chi connectivity index (χ4n) is 10.8. The normalized spacial score (nSPS) is 12.7. The lowest BCUT2D eigenvalue weighted by Crippen LogP contribution is -2.44. The van der Waals surface area contributed by atoms with E-state index in [4.69, 9.17) is 18.9 Å². The standard InChI is InChI=1S/C71H137NO8/c1-6-8-10-12-14-16-18-20-22-24-26-27-28-29-30-31-32-33-34-35-36-37-38-39-40-41-42-44-45-47-49-51-53-55-57-59-61-68(73)78-65-67(66-79-71(70(75)76)77-64-63-72(3,4)5)80-69(74)62-60-58-56-54-52-50-48-46-43-25-23-21-19-17-15-13-11-9-7-2/h21,23,67,71H,6-20,22,24-66H2,1-5H3/b23-21-. The van der Waals surface area contributed by atoms with Crippen LogP contribution in [0.2, 0.25) is 0 Å². The van der Waals surface area contributed by atoms with Crippen LogP contribution in [0.1, 0.15) is 367 Å². The zero-order chi connectivity index (χ0) is 58.3. The Hall–Kier alpha value is -1.97. The Balaban J connectivity index is 3.96. The van der Waals surface area contributed by atoms with Gasteiger partial charge in [0.25, 0.3) is 0 Å². The molecule has 0 aliphatic carbocycles. The van der Waals surface area contributed by atoms with Gasteiger partial charge in [-0.2, -0.15) is 0 Å². The van der Waals surface area contributed by atoms with E-state index in [1.54, 1.807) is 0 Å². The SMILES string of the molecule is CCCCCCCC/C=C\CCCCCCCCCCCC(=O)OC(COC(=O)CCCCCCCCCCCCCCCCCCCCCCCCCCCCCCCCCCCCCC)COC(OCC[N+](C)(C)C)C(=O)[O-]. The minimum absolute atomic E-state index is 0.151. The smallest absolute Gasteiger partial charge is 0.306 e. The third kappa shape index (κ3) is 63.6. The molecule has 0 aliphatic rings. The zero-order valence-electron chi connectivity index (χ0n) is 54.2. The predicted molar refractivity (Wildman–Crippen MR) is 339 cm³/mol. The number of carbonyl (C=O) groups excluding carboxylic acids is 3. The average Bonchev–Trinajstić information content (AvgIpc) is 3.43. The number of carboxylic acid groups (broad SMARTS) is 1. The van der Waals surface area contributed by atoms with Crippen LogP contribution in [0.25, 0.3) is 0 Å². The maximum atomic E-state index is 12.9. The van der Waals surface area contributed by atoms with Crippen LogP contribution in [-0.4, -0.2) is 82.3 Å². The van der Waals surface area contributed by atoms with Crippen LogP contribution in [0.3, 0.4) is 0 Å². The van der Waals surface area contributed by atoms with Crippen LogP contribution in [0, 0.1) is 0 Å². The summed E-state index contributed by atoms with van der Waals surface area (Å²) in [6.07, 6.45) is 73.2. The van der Waals surface area contributed by atoms with Gasteiger partial charge in [0.05, 0.1) is 40.3 Å². The molecule has 9 nitrogen and oxygen atoms in total. The Kier molecular flexibility index (Phi) is 61.5. The number of carbonyl (C=O) groups is 3. The van der Waals surface area contributed by atoms with Gasteiger partial charge in [0.2, 0.25) is 0 Å². The van der Waals surface area contributed by atoms with Gasteiger partial charge in [-0.25, -0.2) is 0 Å². The van der Waals surface area contributed by atoms with Crippen molar-refractivity contribution in [3.05, 3.63) is 12.2 Å². The molecule has 0 saturated heterocycles. The van der Waals surface area contributed by atoms with Crippen molar-refractivity contribution in [3.8, 4) is 0 Å². The average molecular weight is 1130 g/mol. The number of esters is 2. The minimum Gasteiger partial charge on any atom is -0.545 e. The van der Waals surface area contributed by atoms with E-state index in [-0.39, 0.29) is 32.2 Å². The molecule has 0 rings (SSSR count). The number of nitrogens with zero attached hydrogens (tertiary/aromatic N) is 1. The summed E-state index contributed by atoms with van der Waals surface area (Å²) in [4.78, 5) is 37.4. The summed E-state index contributed by atoms with van der Waals surface area (Å²) < 4.78 is 22.8. The van der Waals surface area contributed by atoms with E-state index >= 15 is 0 Å². The van der Waals surface area contributed by atoms with Crippen LogP contribution in [0.4, 0.5) is 0 Å². The molecular formula is C71H137NO8. The Morgan fingerprint density at radius 3 is 0.925 bits per heavy atom. The van der Waals surface area contributed by atoms with Crippen molar-refractivity contribution in [1.82, 2.24) is 0 Å². The number of likely N-dealkylation sites (N-methyl/N-ethyl adjacent to an activating group) is 1. The summed E-state index contributed by atoms with van der Waals surface area (Å²) in [6.45, 7) is 4.81. The lowest BCUT2D eigenvalue weighted by atomic mass is 10.0. The third-order valence-corrected chi connectivity index (χ3v) is 16.3. The second-order valence-corrected chi connectivity index (χ2v) is 25.5. The molecule has 0 aromatic rings. The number of aliphatic carboxylic acids is 1. The van der Waals surface area contributed by atoms with E-state index in [0.717, 1.165) is 38.5 Å². The van der Waals surface area contributed by atoms with E-state index in [1.165, 1.54) is 295 Å². The first-order chi connectivity index (χ1) is 39.1. The minimum atomic E-state index is -1.62. The summed E-state index contributed by atoms with van der Waals surface area (Å²) in [6, 6.07) is 0. The van der Waals surface area contributed by atoms with Gasteiger partial charge in [-0.3, -0.25) is 9.59 Å². The van der Waals surface area contributed by atoms with Crippen molar-refractivity contribution < 1.29 is 42.9 Å². The summed E-state index contributed by atoms with van der Waals surface area (Å²) in [7, 11) is 5.94. The van der Waals surface area contributed by atoms with Gasteiger partial charge >= 0.3 is 11.9 Å². The van der Waals surface area contributed by atoms with Gasteiger partial charge < -0.3 is 33.3 Å². The molecule has 0 aromatic carbocycles. The highest BCUT2D eigenvalue weighted by molar-refractivity contribution is 5.70. The summed E-state index contributed by atoms with van der Waals surface area (Å²) in [5.74, 6) is -2.26. The number of ether oxygens (including phenoxy) is 4. The number of hydrogen-bond acceptors (Lipinski definition) is 8. The summed E-state index contributed by atoms with van der Waals surface area (Å²) in [5.41, 5.74) is 0. The van der Waals surface area contributed by atoms with Gasteiger partial charge in [0, 0.05) is 12.8 Å². The maximum Gasteiger partial charge on any atom is 0.306 e. The molecule has 2 unspecified atom stereocenters. The molecule has 9 heteroatoms. The van der Waals surface area contributed by atoms with Gasteiger partial charge in [-0.1, -0.05) is 328 Å². The van der Waals surface area contributed by atoms with Gasteiger partial charge in [0.1, 0.15) is 13.2 Å². The summed E-state index contributed by atoms with van der Waals surface area (Å²) in [5, 5.41) is 11.8. The number of quaternary nitrogens is 1. The van der Waals surface area contributed by atoms with Crippen LogP contribution >= 0.6 is 0 Å². The van der Waals surface area contributed by atoms with Gasteiger partial charge in [-0.15, -0.1) is 0 Å². The number of rotatable bonds is 67. The molecule has 0 radical (unpaired) electrons. The molecule has 0 saturated carbocycles. The van der Waals surface area contributed by atoms with Crippen LogP contribution < -0.4 is 5.11 Å². The second-order valence-electron chi connectivity index (χ2n) is 25.5. The molecule has 0 N–H and O–H groups in total. The highest BCUT2D eigenvalue weighted by Gasteiger charge is 2.22. The molecule has 0 fully saturated rings. The largest absolute Gasteiger partial charge is 0.545 e. The molecule has 474 valence electrons. The predicted octanol–water partition coefficient (Wildman–Crippen LogP) is 20.3. The highest BCUT2D eigenvalue weighted by Crippen LogP contribution is 2.19. The van der Waals surface area contributed by atoms with Crippen LogP contribution in [-0.2, 0) is 33.3 Å². The molecule has 0 amide bonds. The number of allylic oxidation sites excluding steroid dienone is 2. The third-order valence-electron chi connectivity index (χ3n) is 16.3. The monoisotopic (exact) mass is 1130 g/mol. The molecule has 80 heavy (non-hydrogen) atoms. The van der Waals surface area contributed by atoms with Crippen molar-refractivity contribution in [2.45, 2.75) is 379 Å². The van der Waals surface area contributed by atoms with Crippen LogP contribution in [0.5, 0.6) is 0 Å². The quantitative estimate of drug-likeness (QED) is 0.0195. The fourth-order valence-corrected chi connectivity index (χ4v) is 10.8.